The second-order valence-corrected chi connectivity index (χ2v) is 2.51. The zero-order valence-corrected chi connectivity index (χ0v) is 6.56. The zero-order valence-electron chi connectivity index (χ0n) is 6.56. The first kappa shape index (κ1) is 6.97. The van der Waals surface area contributed by atoms with Crippen LogP contribution in [0.3, 0.4) is 0 Å². The molecule has 0 aromatic carbocycles. The standard InChI is InChI=1S/C8H7N3O/c1-6(12)11-5-7-3-2-4-9-8(7)10-11/h2-5H,1H3. The summed E-state index contributed by atoms with van der Waals surface area (Å²) in [6.45, 7) is 1.46. The van der Waals surface area contributed by atoms with Gasteiger partial charge in [0.05, 0.1) is 0 Å². The van der Waals surface area contributed by atoms with Crippen LogP contribution < -0.4 is 0 Å². The molecule has 0 amide bonds. The van der Waals surface area contributed by atoms with Gasteiger partial charge in [-0.2, -0.15) is 0 Å². The summed E-state index contributed by atoms with van der Waals surface area (Å²) >= 11 is 0. The molecule has 0 aliphatic heterocycles. The van der Waals surface area contributed by atoms with Gasteiger partial charge in [-0.1, -0.05) is 0 Å². The third-order valence-electron chi connectivity index (χ3n) is 1.60. The predicted molar refractivity (Wildman–Crippen MR) is 43.8 cm³/mol. The first-order valence-electron chi connectivity index (χ1n) is 3.59. The van der Waals surface area contributed by atoms with Crippen LogP contribution >= 0.6 is 0 Å². The summed E-state index contributed by atoms with van der Waals surface area (Å²) in [6, 6.07) is 3.68. The van der Waals surface area contributed by atoms with Gasteiger partial charge >= 0.3 is 0 Å². The van der Waals surface area contributed by atoms with E-state index in [0.29, 0.717) is 5.65 Å². The fourth-order valence-corrected chi connectivity index (χ4v) is 1.02. The molecular formula is C8H7N3O. The van der Waals surface area contributed by atoms with Crippen molar-refractivity contribution in [3.63, 3.8) is 0 Å². The Kier molecular flexibility index (Phi) is 1.40. The Hall–Kier alpha value is -1.71. The first-order chi connectivity index (χ1) is 5.77. The van der Waals surface area contributed by atoms with Crippen molar-refractivity contribution >= 4 is 16.9 Å². The van der Waals surface area contributed by atoms with Crippen molar-refractivity contribution in [2.75, 3.05) is 0 Å². The van der Waals surface area contributed by atoms with Gasteiger partial charge in [0, 0.05) is 24.7 Å². The van der Waals surface area contributed by atoms with Crippen LogP contribution in [0.15, 0.2) is 24.5 Å². The van der Waals surface area contributed by atoms with Crippen LogP contribution in [0.2, 0.25) is 0 Å². The van der Waals surface area contributed by atoms with E-state index in [1.54, 1.807) is 12.4 Å². The predicted octanol–water partition coefficient (Wildman–Crippen LogP) is 1.09. The number of carbonyl (C=O) groups excluding carboxylic acids is 1. The molecule has 12 heavy (non-hydrogen) atoms. The average Bonchev–Trinajstić information content (AvgIpc) is 2.46. The van der Waals surface area contributed by atoms with Crippen LogP contribution in [0.4, 0.5) is 0 Å². The minimum atomic E-state index is -0.104. The molecule has 0 bridgehead atoms. The Labute approximate surface area is 68.8 Å². The lowest BCUT2D eigenvalue weighted by molar-refractivity contribution is 0.0922. The van der Waals surface area contributed by atoms with E-state index in [9.17, 15) is 4.79 Å². The highest BCUT2D eigenvalue weighted by Gasteiger charge is 2.02. The van der Waals surface area contributed by atoms with Gasteiger partial charge < -0.3 is 0 Å². The lowest BCUT2D eigenvalue weighted by Crippen LogP contribution is -2.05. The normalized spacial score (nSPS) is 10.4. The van der Waals surface area contributed by atoms with Crippen molar-refractivity contribution in [3.05, 3.63) is 24.5 Å². The summed E-state index contributed by atoms with van der Waals surface area (Å²) in [7, 11) is 0. The van der Waals surface area contributed by atoms with Gasteiger partial charge in [-0.3, -0.25) is 4.79 Å². The van der Waals surface area contributed by atoms with Crippen molar-refractivity contribution in [2.24, 2.45) is 0 Å². The van der Waals surface area contributed by atoms with E-state index >= 15 is 0 Å². The second kappa shape index (κ2) is 2.41. The van der Waals surface area contributed by atoms with E-state index in [4.69, 9.17) is 0 Å². The topological polar surface area (TPSA) is 47.8 Å². The highest BCUT2D eigenvalue weighted by atomic mass is 16.2. The molecule has 0 N–H and O–H groups in total. The summed E-state index contributed by atoms with van der Waals surface area (Å²) < 4.78 is 1.29. The largest absolute Gasteiger partial charge is 0.273 e. The number of carbonyl (C=O) groups is 1. The molecule has 0 saturated heterocycles. The van der Waals surface area contributed by atoms with Crippen molar-refractivity contribution in [1.82, 2.24) is 14.8 Å². The maximum absolute atomic E-state index is 10.9. The third kappa shape index (κ3) is 0.972. The summed E-state index contributed by atoms with van der Waals surface area (Å²) in [6.07, 6.45) is 3.32. The Morgan fingerprint density at radius 3 is 3.08 bits per heavy atom. The molecule has 4 heteroatoms. The number of rotatable bonds is 0. The van der Waals surface area contributed by atoms with E-state index in [-0.39, 0.29) is 5.91 Å². The van der Waals surface area contributed by atoms with Gasteiger partial charge in [0.15, 0.2) is 5.65 Å². The summed E-state index contributed by atoms with van der Waals surface area (Å²) in [5.41, 5.74) is 0.604. The number of hydrogen-bond acceptors (Lipinski definition) is 3. The number of fused-ring (bicyclic) bond motifs is 1. The van der Waals surface area contributed by atoms with Crippen molar-refractivity contribution in [3.8, 4) is 0 Å². The fourth-order valence-electron chi connectivity index (χ4n) is 1.02. The molecule has 4 nitrogen and oxygen atoms in total. The van der Waals surface area contributed by atoms with Crippen LogP contribution in [-0.2, 0) is 0 Å². The Morgan fingerprint density at radius 1 is 1.58 bits per heavy atom. The third-order valence-corrected chi connectivity index (χ3v) is 1.60. The smallest absolute Gasteiger partial charge is 0.243 e. The summed E-state index contributed by atoms with van der Waals surface area (Å²) in [5, 5.41) is 4.85. The van der Waals surface area contributed by atoms with E-state index in [1.165, 1.54) is 11.6 Å². The number of hydrogen-bond donors (Lipinski definition) is 0. The second-order valence-electron chi connectivity index (χ2n) is 2.51. The SMILES string of the molecule is CC(=O)n1cc2cccnc2n1. The Bertz CT molecular complexity index is 400. The zero-order chi connectivity index (χ0) is 8.55. The van der Waals surface area contributed by atoms with E-state index in [2.05, 4.69) is 10.1 Å². The van der Waals surface area contributed by atoms with Gasteiger partial charge in [-0.05, 0) is 12.1 Å². The van der Waals surface area contributed by atoms with E-state index in [1.807, 2.05) is 12.1 Å². The minimum absolute atomic E-state index is 0.104. The first-order valence-corrected chi connectivity index (χ1v) is 3.59. The average molecular weight is 161 g/mol. The molecule has 0 aliphatic carbocycles. The number of nitrogens with zero attached hydrogens (tertiary/aromatic N) is 3. The van der Waals surface area contributed by atoms with E-state index < -0.39 is 0 Å². The van der Waals surface area contributed by atoms with Gasteiger partial charge in [-0.25, -0.2) is 9.67 Å². The fraction of sp³-hybridized carbons (Fsp3) is 0.125. The lowest BCUT2D eigenvalue weighted by atomic mass is 10.4. The molecule has 2 rings (SSSR count). The van der Waals surface area contributed by atoms with Gasteiger partial charge in [0.25, 0.3) is 0 Å². The molecule has 2 aromatic rings. The maximum Gasteiger partial charge on any atom is 0.243 e. The number of aromatic nitrogens is 3. The molecule has 2 aromatic heterocycles. The summed E-state index contributed by atoms with van der Waals surface area (Å²) in [4.78, 5) is 14.9. The highest BCUT2D eigenvalue weighted by Crippen LogP contribution is 2.07. The van der Waals surface area contributed by atoms with Gasteiger partial charge in [0.1, 0.15) is 0 Å². The molecule has 0 saturated carbocycles. The van der Waals surface area contributed by atoms with E-state index in [0.717, 1.165) is 5.39 Å². The molecule has 0 fully saturated rings. The molecule has 0 spiro atoms. The van der Waals surface area contributed by atoms with Crippen LogP contribution in [-0.4, -0.2) is 20.7 Å². The maximum atomic E-state index is 10.9. The number of pyridine rings is 1. The minimum Gasteiger partial charge on any atom is -0.273 e. The molecule has 0 aliphatic rings. The quantitative estimate of drug-likeness (QED) is 0.581. The highest BCUT2D eigenvalue weighted by molar-refractivity contribution is 5.81. The lowest BCUT2D eigenvalue weighted by Gasteiger charge is -1.87. The molecule has 2 heterocycles. The van der Waals surface area contributed by atoms with Crippen LogP contribution in [0.25, 0.3) is 11.0 Å². The van der Waals surface area contributed by atoms with Gasteiger partial charge in [0.2, 0.25) is 5.91 Å². The Balaban J connectivity index is 2.70. The molecule has 60 valence electrons. The van der Waals surface area contributed by atoms with Crippen molar-refractivity contribution in [2.45, 2.75) is 6.92 Å². The molecule has 0 atom stereocenters. The van der Waals surface area contributed by atoms with Crippen molar-refractivity contribution < 1.29 is 4.79 Å². The Morgan fingerprint density at radius 2 is 2.42 bits per heavy atom. The molecule has 0 unspecified atom stereocenters. The van der Waals surface area contributed by atoms with Crippen LogP contribution in [0.5, 0.6) is 0 Å². The van der Waals surface area contributed by atoms with Crippen LogP contribution in [0.1, 0.15) is 11.7 Å². The molecule has 0 radical (unpaired) electrons. The summed E-state index contributed by atoms with van der Waals surface area (Å²) in [5.74, 6) is -0.104. The van der Waals surface area contributed by atoms with Crippen molar-refractivity contribution in [1.29, 1.82) is 0 Å². The van der Waals surface area contributed by atoms with Gasteiger partial charge in [-0.15, -0.1) is 5.10 Å². The molecular weight excluding hydrogens is 154 g/mol. The van der Waals surface area contributed by atoms with Crippen LogP contribution in [0, 0.1) is 0 Å². The monoisotopic (exact) mass is 161 g/mol.